The van der Waals surface area contributed by atoms with Gasteiger partial charge < -0.3 is 9.64 Å². The van der Waals surface area contributed by atoms with E-state index in [0.717, 1.165) is 6.42 Å². The monoisotopic (exact) mass is 532 g/mol. The molecule has 0 radical (unpaired) electrons. The molecular weight excluding hydrogens is 507 g/mol. The van der Waals surface area contributed by atoms with Crippen molar-refractivity contribution in [2.75, 3.05) is 10.8 Å². The smallest absolute Gasteiger partial charge is 0.410 e. The van der Waals surface area contributed by atoms with Crippen LogP contribution in [0.15, 0.2) is 47.4 Å². The third kappa shape index (κ3) is 5.88. The molecule has 33 heavy (non-hydrogen) atoms. The standard InChI is InChI=1S/C23H27Cl3N2O4S/c1-15(20-6-5-13-27(20)22(29)32-23(2,3)4)28(21-14-17(25)9-12-19(21)26)33(30,31)18-10-7-16(24)8-11-18/h7-12,14-15,20H,5-6,13H2,1-4H3. The number of likely N-dealkylation sites (tertiary alicyclic amines) is 1. The zero-order chi connectivity index (χ0) is 24.6. The fraction of sp³-hybridized carbons (Fsp3) is 0.435. The van der Waals surface area contributed by atoms with E-state index in [1.807, 2.05) is 0 Å². The Labute approximate surface area is 210 Å². The number of ether oxygens (including phenoxy) is 1. The molecule has 2 aromatic rings. The van der Waals surface area contributed by atoms with Crippen LogP contribution in [0.3, 0.4) is 0 Å². The molecule has 2 unspecified atom stereocenters. The molecule has 0 N–H and O–H groups in total. The van der Waals surface area contributed by atoms with Crippen LogP contribution in [0.2, 0.25) is 15.1 Å². The van der Waals surface area contributed by atoms with Crippen molar-refractivity contribution in [3.63, 3.8) is 0 Å². The van der Waals surface area contributed by atoms with Crippen molar-refractivity contribution in [2.24, 2.45) is 0 Å². The molecule has 2 aromatic carbocycles. The average molecular weight is 534 g/mol. The molecule has 1 heterocycles. The highest BCUT2D eigenvalue weighted by atomic mass is 35.5. The van der Waals surface area contributed by atoms with E-state index in [1.165, 1.54) is 34.6 Å². The molecule has 1 aliphatic heterocycles. The van der Waals surface area contributed by atoms with Gasteiger partial charge in [-0.2, -0.15) is 0 Å². The molecule has 0 saturated carbocycles. The number of nitrogens with zero attached hydrogens (tertiary/aromatic N) is 2. The van der Waals surface area contributed by atoms with Crippen molar-refractivity contribution in [3.05, 3.63) is 57.5 Å². The number of carbonyl (C=O) groups is 1. The molecule has 1 fully saturated rings. The first-order chi connectivity index (χ1) is 15.3. The Morgan fingerprint density at radius 1 is 1.09 bits per heavy atom. The summed E-state index contributed by atoms with van der Waals surface area (Å²) in [5.74, 6) is 0. The molecule has 0 aliphatic carbocycles. The Kier molecular flexibility index (Phi) is 7.79. The van der Waals surface area contributed by atoms with Crippen LogP contribution in [0.5, 0.6) is 0 Å². The highest BCUT2D eigenvalue weighted by molar-refractivity contribution is 7.92. The SMILES string of the molecule is CC(C1CCCN1C(=O)OC(C)(C)C)N(c1cc(Cl)ccc1Cl)S(=O)(=O)c1ccc(Cl)cc1. The van der Waals surface area contributed by atoms with Crippen molar-refractivity contribution in [1.82, 2.24) is 4.90 Å². The van der Waals surface area contributed by atoms with E-state index in [-0.39, 0.29) is 15.6 Å². The van der Waals surface area contributed by atoms with Crippen molar-refractivity contribution < 1.29 is 17.9 Å². The fourth-order valence-corrected chi connectivity index (χ4v) is 6.19. The molecule has 10 heteroatoms. The molecule has 6 nitrogen and oxygen atoms in total. The van der Waals surface area contributed by atoms with Gasteiger partial charge in [-0.05, 0) is 83.0 Å². The minimum atomic E-state index is -4.08. The summed E-state index contributed by atoms with van der Waals surface area (Å²) in [7, 11) is -4.08. The van der Waals surface area contributed by atoms with Gasteiger partial charge in [0.05, 0.1) is 27.7 Å². The number of hydrogen-bond donors (Lipinski definition) is 0. The van der Waals surface area contributed by atoms with Crippen molar-refractivity contribution in [1.29, 1.82) is 0 Å². The van der Waals surface area contributed by atoms with E-state index in [9.17, 15) is 13.2 Å². The normalized spacial score (nSPS) is 17.7. The van der Waals surface area contributed by atoms with Crippen molar-refractivity contribution in [2.45, 2.75) is 63.1 Å². The van der Waals surface area contributed by atoms with Crippen molar-refractivity contribution >= 4 is 56.6 Å². The minimum absolute atomic E-state index is 0.0524. The molecule has 2 atom stereocenters. The summed E-state index contributed by atoms with van der Waals surface area (Å²) in [6.07, 6.45) is 0.871. The van der Waals surface area contributed by atoms with Crippen LogP contribution in [0, 0.1) is 0 Å². The first kappa shape index (κ1) is 25.9. The maximum atomic E-state index is 13.9. The van der Waals surface area contributed by atoms with E-state index < -0.39 is 33.8 Å². The molecule has 1 amide bonds. The minimum Gasteiger partial charge on any atom is -0.444 e. The summed E-state index contributed by atoms with van der Waals surface area (Å²) >= 11 is 18.6. The van der Waals surface area contributed by atoms with Crippen LogP contribution >= 0.6 is 34.8 Å². The molecule has 1 saturated heterocycles. The maximum absolute atomic E-state index is 13.9. The van der Waals surface area contributed by atoms with Crippen LogP contribution in [0.4, 0.5) is 10.5 Å². The second kappa shape index (κ2) is 9.90. The van der Waals surface area contributed by atoms with E-state index in [1.54, 1.807) is 44.7 Å². The maximum Gasteiger partial charge on any atom is 0.410 e. The van der Waals surface area contributed by atoms with Gasteiger partial charge in [-0.3, -0.25) is 4.31 Å². The Hall–Kier alpha value is -1.67. The highest BCUT2D eigenvalue weighted by Crippen LogP contribution is 2.37. The predicted octanol–water partition coefficient (Wildman–Crippen LogP) is 6.63. The molecule has 3 rings (SSSR count). The van der Waals surface area contributed by atoms with Crippen LogP contribution in [-0.2, 0) is 14.8 Å². The number of carbonyl (C=O) groups excluding carboxylic acids is 1. The van der Waals surface area contributed by atoms with Gasteiger partial charge in [-0.25, -0.2) is 13.2 Å². The summed E-state index contributed by atoms with van der Waals surface area (Å²) in [6.45, 7) is 7.62. The van der Waals surface area contributed by atoms with Crippen LogP contribution in [0.1, 0.15) is 40.5 Å². The van der Waals surface area contributed by atoms with Gasteiger partial charge in [0.15, 0.2) is 0 Å². The van der Waals surface area contributed by atoms with E-state index in [4.69, 9.17) is 39.5 Å². The fourth-order valence-electron chi connectivity index (χ4n) is 3.94. The van der Waals surface area contributed by atoms with Crippen LogP contribution < -0.4 is 4.31 Å². The van der Waals surface area contributed by atoms with Gasteiger partial charge >= 0.3 is 6.09 Å². The lowest BCUT2D eigenvalue weighted by atomic mass is 10.1. The number of benzene rings is 2. The predicted molar refractivity (Wildman–Crippen MR) is 133 cm³/mol. The molecule has 0 aromatic heterocycles. The Morgan fingerprint density at radius 2 is 1.70 bits per heavy atom. The van der Waals surface area contributed by atoms with E-state index in [0.29, 0.717) is 23.0 Å². The van der Waals surface area contributed by atoms with Gasteiger partial charge in [-0.15, -0.1) is 0 Å². The lowest BCUT2D eigenvalue weighted by Crippen LogP contribution is -2.52. The van der Waals surface area contributed by atoms with Crippen molar-refractivity contribution in [3.8, 4) is 0 Å². The Morgan fingerprint density at radius 3 is 2.30 bits per heavy atom. The highest BCUT2D eigenvalue weighted by Gasteiger charge is 2.42. The second-order valence-corrected chi connectivity index (χ2v) is 12.1. The lowest BCUT2D eigenvalue weighted by Gasteiger charge is -2.38. The number of halogens is 3. The lowest BCUT2D eigenvalue weighted by molar-refractivity contribution is 0.0212. The summed E-state index contributed by atoms with van der Waals surface area (Å²) in [6, 6.07) is 9.49. The third-order valence-electron chi connectivity index (χ3n) is 5.37. The summed E-state index contributed by atoms with van der Waals surface area (Å²) in [5.41, 5.74) is -0.429. The van der Waals surface area contributed by atoms with Gasteiger partial charge in [0.2, 0.25) is 0 Å². The first-order valence-corrected chi connectivity index (χ1v) is 13.1. The van der Waals surface area contributed by atoms with E-state index >= 15 is 0 Å². The number of anilines is 1. The van der Waals surface area contributed by atoms with E-state index in [2.05, 4.69) is 0 Å². The van der Waals surface area contributed by atoms with Gasteiger partial charge in [0.25, 0.3) is 10.0 Å². The second-order valence-electron chi connectivity index (χ2n) is 8.97. The third-order valence-corrected chi connectivity index (χ3v) is 8.09. The van der Waals surface area contributed by atoms with Gasteiger partial charge in [-0.1, -0.05) is 34.8 Å². The number of amides is 1. The average Bonchev–Trinajstić information content (AvgIpc) is 3.20. The Bertz CT molecular complexity index is 1120. The Balaban J connectivity index is 2.08. The first-order valence-electron chi connectivity index (χ1n) is 10.6. The number of sulfonamides is 1. The zero-order valence-electron chi connectivity index (χ0n) is 18.9. The zero-order valence-corrected chi connectivity index (χ0v) is 22.0. The summed E-state index contributed by atoms with van der Waals surface area (Å²) < 4.78 is 34.5. The van der Waals surface area contributed by atoms with Crippen LogP contribution in [0.25, 0.3) is 0 Å². The molecule has 0 spiro atoms. The molecule has 1 aliphatic rings. The topological polar surface area (TPSA) is 66.9 Å². The number of hydrogen-bond acceptors (Lipinski definition) is 4. The summed E-state index contributed by atoms with van der Waals surface area (Å²) in [5, 5.41) is 0.986. The quantitative estimate of drug-likeness (QED) is 0.433. The molecule has 0 bridgehead atoms. The molecular formula is C23H27Cl3N2O4S. The van der Waals surface area contributed by atoms with Crippen LogP contribution in [-0.4, -0.2) is 43.6 Å². The van der Waals surface area contributed by atoms with Gasteiger partial charge in [0, 0.05) is 16.6 Å². The largest absolute Gasteiger partial charge is 0.444 e. The summed E-state index contributed by atoms with van der Waals surface area (Å²) in [4.78, 5) is 14.5. The molecule has 180 valence electrons. The van der Waals surface area contributed by atoms with Gasteiger partial charge in [0.1, 0.15) is 5.60 Å². The number of rotatable bonds is 5.